The summed E-state index contributed by atoms with van der Waals surface area (Å²) < 4.78 is 0. The van der Waals surface area contributed by atoms with Gasteiger partial charge in [0.2, 0.25) is 0 Å². The highest BCUT2D eigenvalue weighted by molar-refractivity contribution is 8.93. The minimum absolute atomic E-state index is 0. The smallest absolute Gasteiger partial charge is 0.180 e. The van der Waals surface area contributed by atoms with Crippen LogP contribution in [-0.4, -0.2) is 15.8 Å². The van der Waals surface area contributed by atoms with E-state index in [1.54, 1.807) is 0 Å². The average molecular weight is 425 g/mol. The van der Waals surface area contributed by atoms with Crippen molar-refractivity contribution in [3.63, 3.8) is 0 Å². The van der Waals surface area contributed by atoms with Crippen LogP contribution in [0.2, 0.25) is 0 Å². The highest BCUT2D eigenvalue weighted by atomic mass is 79.9. The molecule has 1 aromatic heterocycles. The second-order valence-electron chi connectivity index (χ2n) is 5.70. The van der Waals surface area contributed by atoms with Crippen LogP contribution in [0.4, 0.5) is 0 Å². The van der Waals surface area contributed by atoms with Gasteiger partial charge in [0.1, 0.15) is 5.25 Å². The molecule has 1 atom stereocenters. The first-order valence-electron chi connectivity index (χ1n) is 8.07. The van der Waals surface area contributed by atoms with Gasteiger partial charge in [-0.1, -0.05) is 84.6 Å². The number of para-hydroxylation sites is 2. The summed E-state index contributed by atoms with van der Waals surface area (Å²) in [6, 6.07) is 27.1. The summed E-state index contributed by atoms with van der Waals surface area (Å²) in [5.41, 5.74) is 3.56. The highest BCUT2D eigenvalue weighted by Gasteiger charge is 2.24. The zero-order valence-electron chi connectivity index (χ0n) is 13.8. The first-order valence-corrected chi connectivity index (χ1v) is 8.95. The zero-order chi connectivity index (χ0) is 17.1. The average Bonchev–Trinajstić information content (AvgIpc) is 3.09. The Kier molecular flexibility index (Phi) is 5.91. The lowest BCUT2D eigenvalue weighted by atomic mass is 10.0. The van der Waals surface area contributed by atoms with Gasteiger partial charge in [0, 0.05) is 5.56 Å². The van der Waals surface area contributed by atoms with Gasteiger partial charge in [-0.15, -0.1) is 17.0 Å². The maximum atomic E-state index is 13.1. The van der Waals surface area contributed by atoms with Gasteiger partial charge >= 0.3 is 0 Å². The quantitative estimate of drug-likeness (QED) is 0.322. The lowest BCUT2D eigenvalue weighted by molar-refractivity contribution is 0.0989. The predicted octanol–water partition coefficient (Wildman–Crippen LogP) is 5.86. The number of fused-ring (bicyclic) bond motifs is 1. The molecule has 1 N–H and O–H groups in total. The summed E-state index contributed by atoms with van der Waals surface area (Å²) in [6.45, 7) is 0. The summed E-state index contributed by atoms with van der Waals surface area (Å²) in [5, 5.41) is 0.406. The lowest BCUT2D eigenvalue weighted by Gasteiger charge is -2.14. The second-order valence-corrected chi connectivity index (χ2v) is 6.79. The van der Waals surface area contributed by atoms with E-state index in [2.05, 4.69) is 9.97 Å². The maximum absolute atomic E-state index is 13.1. The van der Waals surface area contributed by atoms with E-state index in [0.717, 1.165) is 21.8 Å². The topological polar surface area (TPSA) is 45.8 Å². The van der Waals surface area contributed by atoms with E-state index in [-0.39, 0.29) is 28.0 Å². The molecule has 4 rings (SSSR count). The van der Waals surface area contributed by atoms with Crippen LogP contribution in [0.15, 0.2) is 90.1 Å². The molecule has 5 heteroatoms. The summed E-state index contributed by atoms with van der Waals surface area (Å²) in [6.07, 6.45) is 0. The van der Waals surface area contributed by atoms with Gasteiger partial charge in [-0.2, -0.15) is 0 Å². The van der Waals surface area contributed by atoms with Gasteiger partial charge in [-0.05, 0) is 17.7 Å². The van der Waals surface area contributed by atoms with Gasteiger partial charge in [-0.3, -0.25) is 4.79 Å². The van der Waals surface area contributed by atoms with Crippen molar-refractivity contribution in [3.05, 3.63) is 96.1 Å². The van der Waals surface area contributed by atoms with E-state index in [1.807, 2.05) is 84.9 Å². The number of halogens is 1. The standard InChI is InChI=1S/C21H16N2OS.BrH/c24-19(15-9-3-1-4-10-15)20(16-11-5-2-6-12-16)25-21-22-17-13-7-8-14-18(17)23-21;/h1-14,20H,(H,22,23);1H. The Morgan fingerprint density at radius 2 is 1.46 bits per heavy atom. The first kappa shape index (κ1) is 18.4. The Labute approximate surface area is 166 Å². The van der Waals surface area contributed by atoms with Gasteiger partial charge in [-0.25, -0.2) is 4.98 Å². The molecule has 4 aromatic rings. The molecule has 0 bridgehead atoms. The lowest BCUT2D eigenvalue weighted by Crippen LogP contribution is -2.10. The van der Waals surface area contributed by atoms with E-state index in [0.29, 0.717) is 5.56 Å². The molecule has 0 aliphatic rings. The molecule has 1 unspecified atom stereocenters. The number of nitrogens with one attached hydrogen (secondary N) is 1. The van der Waals surface area contributed by atoms with Crippen LogP contribution in [0, 0.1) is 0 Å². The third-order valence-electron chi connectivity index (χ3n) is 4.00. The molecule has 0 spiro atoms. The van der Waals surface area contributed by atoms with Gasteiger partial charge in [0.25, 0.3) is 0 Å². The Balaban J connectivity index is 0.00000196. The second kappa shape index (κ2) is 8.34. The van der Waals surface area contributed by atoms with Gasteiger partial charge in [0.15, 0.2) is 10.9 Å². The first-order chi connectivity index (χ1) is 12.3. The normalized spacial score (nSPS) is 11.7. The molecule has 26 heavy (non-hydrogen) atoms. The van der Waals surface area contributed by atoms with Crippen molar-refractivity contribution in [1.82, 2.24) is 9.97 Å². The van der Waals surface area contributed by atoms with Crippen molar-refractivity contribution in [2.24, 2.45) is 0 Å². The number of carbonyl (C=O) groups is 1. The summed E-state index contributed by atoms with van der Waals surface area (Å²) in [5.74, 6) is 0.0808. The van der Waals surface area contributed by atoms with Crippen LogP contribution in [0.3, 0.4) is 0 Å². The van der Waals surface area contributed by atoms with Crippen molar-refractivity contribution in [2.45, 2.75) is 10.4 Å². The van der Waals surface area contributed by atoms with E-state index in [9.17, 15) is 4.79 Å². The molecule has 0 radical (unpaired) electrons. The number of rotatable bonds is 5. The predicted molar refractivity (Wildman–Crippen MR) is 112 cm³/mol. The Hall–Kier alpha value is -2.37. The van der Waals surface area contributed by atoms with Crippen molar-refractivity contribution in [3.8, 4) is 0 Å². The Bertz CT molecular complexity index is 969. The number of aromatic amines is 1. The van der Waals surface area contributed by atoms with E-state index in [1.165, 1.54) is 11.8 Å². The number of nitrogens with zero attached hydrogens (tertiary/aromatic N) is 1. The molecule has 0 amide bonds. The van der Waals surface area contributed by atoms with Crippen molar-refractivity contribution < 1.29 is 4.79 Å². The largest absolute Gasteiger partial charge is 0.333 e. The van der Waals surface area contributed by atoms with E-state index in [4.69, 9.17) is 0 Å². The molecular weight excluding hydrogens is 408 g/mol. The number of Topliss-reactive ketones (excluding diaryl/α,β-unsaturated/α-hetero) is 1. The minimum Gasteiger partial charge on any atom is -0.333 e. The van der Waals surface area contributed by atoms with Crippen LogP contribution in [-0.2, 0) is 0 Å². The Morgan fingerprint density at radius 3 is 2.15 bits per heavy atom. The van der Waals surface area contributed by atoms with Crippen LogP contribution >= 0.6 is 28.7 Å². The molecule has 0 fully saturated rings. The molecule has 1 heterocycles. The van der Waals surface area contributed by atoms with Gasteiger partial charge in [0.05, 0.1) is 11.0 Å². The number of hydrogen-bond acceptors (Lipinski definition) is 3. The van der Waals surface area contributed by atoms with Crippen molar-refractivity contribution >= 4 is 45.6 Å². The molecule has 0 saturated heterocycles. The molecule has 0 aliphatic heterocycles. The number of thioether (sulfide) groups is 1. The fourth-order valence-corrected chi connectivity index (χ4v) is 3.83. The summed E-state index contributed by atoms with van der Waals surface area (Å²) in [4.78, 5) is 21.0. The third kappa shape index (κ3) is 3.89. The number of hydrogen-bond donors (Lipinski definition) is 1. The fraction of sp³-hybridized carbons (Fsp3) is 0.0476. The van der Waals surface area contributed by atoms with Crippen LogP contribution in [0.5, 0.6) is 0 Å². The zero-order valence-corrected chi connectivity index (χ0v) is 16.4. The maximum Gasteiger partial charge on any atom is 0.180 e. The van der Waals surface area contributed by atoms with Crippen molar-refractivity contribution in [1.29, 1.82) is 0 Å². The number of ketones is 1. The highest BCUT2D eigenvalue weighted by Crippen LogP contribution is 2.37. The number of H-pyrrole nitrogens is 1. The number of imidazole rings is 1. The SMILES string of the molecule is Br.O=C(c1ccccc1)C(Sc1nc2ccccc2[nH]1)c1ccccc1. The van der Waals surface area contributed by atoms with E-state index < -0.39 is 0 Å². The molecule has 3 aromatic carbocycles. The fourth-order valence-electron chi connectivity index (χ4n) is 2.75. The molecule has 0 aliphatic carbocycles. The molecule has 3 nitrogen and oxygen atoms in total. The van der Waals surface area contributed by atoms with Crippen LogP contribution in [0.25, 0.3) is 11.0 Å². The third-order valence-corrected chi connectivity index (χ3v) is 5.13. The number of carbonyl (C=O) groups excluding carboxylic acids is 1. The Morgan fingerprint density at radius 1 is 0.846 bits per heavy atom. The van der Waals surface area contributed by atoms with Crippen molar-refractivity contribution in [2.75, 3.05) is 0 Å². The molecule has 0 saturated carbocycles. The number of aromatic nitrogens is 2. The number of benzene rings is 3. The minimum atomic E-state index is -0.343. The molecule has 130 valence electrons. The molecular formula is C21H17BrN2OS. The van der Waals surface area contributed by atoms with Gasteiger partial charge < -0.3 is 4.98 Å². The monoisotopic (exact) mass is 424 g/mol. The van der Waals surface area contributed by atoms with E-state index >= 15 is 0 Å². The summed E-state index contributed by atoms with van der Waals surface area (Å²) >= 11 is 1.45. The van der Waals surface area contributed by atoms with Crippen LogP contribution in [0.1, 0.15) is 21.2 Å². The summed E-state index contributed by atoms with van der Waals surface area (Å²) in [7, 11) is 0. The van der Waals surface area contributed by atoms with Crippen LogP contribution < -0.4 is 0 Å².